The van der Waals surface area contributed by atoms with E-state index in [4.69, 9.17) is 4.74 Å². The molecule has 1 unspecified atom stereocenters. The number of hydrogen-bond acceptors (Lipinski definition) is 4. The molecule has 6 heteroatoms. The third-order valence-corrected chi connectivity index (χ3v) is 6.59. The van der Waals surface area contributed by atoms with Crippen LogP contribution in [-0.2, 0) is 14.8 Å². The van der Waals surface area contributed by atoms with Crippen LogP contribution in [0.1, 0.15) is 26.2 Å². The van der Waals surface area contributed by atoms with Crippen molar-refractivity contribution in [1.29, 1.82) is 0 Å². The first kappa shape index (κ1) is 15.2. The minimum Gasteiger partial charge on any atom is -0.384 e. The predicted molar refractivity (Wildman–Crippen MR) is 75.6 cm³/mol. The number of ether oxygens (including phenoxy) is 1. The molecule has 1 N–H and O–H groups in total. The van der Waals surface area contributed by atoms with Gasteiger partial charge in [-0.2, -0.15) is 0 Å². The molecule has 2 heterocycles. The molecule has 0 radical (unpaired) electrons. The molecule has 1 atom stereocenters. The van der Waals surface area contributed by atoms with Crippen LogP contribution in [0.25, 0.3) is 0 Å². The van der Waals surface area contributed by atoms with E-state index in [0.29, 0.717) is 32.0 Å². The fourth-order valence-electron chi connectivity index (χ4n) is 3.50. The Kier molecular flexibility index (Phi) is 4.87. The molecule has 2 fully saturated rings. The molecule has 0 aromatic carbocycles. The average Bonchev–Trinajstić information content (AvgIpc) is 2.71. The van der Waals surface area contributed by atoms with Crippen molar-refractivity contribution in [2.24, 2.45) is 11.3 Å². The molecule has 2 rings (SSSR count). The van der Waals surface area contributed by atoms with Gasteiger partial charge in [-0.05, 0) is 37.8 Å². The summed E-state index contributed by atoms with van der Waals surface area (Å²) < 4.78 is 31.6. The Morgan fingerprint density at radius 3 is 2.63 bits per heavy atom. The molecule has 2 aliphatic heterocycles. The van der Waals surface area contributed by atoms with Crippen molar-refractivity contribution in [2.75, 3.05) is 45.6 Å². The number of nitrogens with one attached hydrogen (secondary N) is 1. The van der Waals surface area contributed by atoms with Gasteiger partial charge in [0, 0.05) is 26.1 Å². The lowest BCUT2D eigenvalue weighted by Crippen LogP contribution is -2.43. The summed E-state index contributed by atoms with van der Waals surface area (Å²) in [4.78, 5) is 0. The molecule has 1 spiro atoms. The molecular weight excluding hydrogens is 264 g/mol. The molecule has 112 valence electrons. The van der Waals surface area contributed by atoms with Gasteiger partial charge < -0.3 is 10.1 Å². The highest BCUT2D eigenvalue weighted by molar-refractivity contribution is 7.89. The second-order valence-electron chi connectivity index (χ2n) is 5.87. The summed E-state index contributed by atoms with van der Waals surface area (Å²) in [5.41, 5.74) is 0.127. The van der Waals surface area contributed by atoms with E-state index < -0.39 is 10.0 Å². The van der Waals surface area contributed by atoms with E-state index in [1.54, 1.807) is 11.4 Å². The first-order valence-corrected chi connectivity index (χ1v) is 8.82. The van der Waals surface area contributed by atoms with E-state index in [0.717, 1.165) is 25.9 Å². The topological polar surface area (TPSA) is 58.6 Å². The lowest BCUT2D eigenvalue weighted by Gasteiger charge is -2.38. The van der Waals surface area contributed by atoms with Crippen LogP contribution < -0.4 is 5.32 Å². The van der Waals surface area contributed by atoms with Crippen LogP contribution in [-0.4, -0.2) is 58.4 Å². The maximum Gasteiger partial charge on any atom is 0.214 e. The zero-order valence-corrected chi connectivity index (χ0v) is 12.8. The van der Waals surface area contributed by atoms with Crippen LogP contribution >= 0.6 is 0 Å². The van der Waals surface area contributed by atoms with Crippen LogP contribution in [0.4, 0.5) is 0 Å². The molecule has 0 aromatic rings. The zero-order valence-electron chi connectivity index (χ0n) is 12.0. The third-order valence-electron chi connectivity index (χ3n) is 4.60. The quantitative estimate of drug-likeness (QED) is 0.809. The van der Waals surface area contributed by atoms with E-state index in [1.165, 1.54) is 0 Å². The summed E-state index contributed by atoms with van der Waals surface area (Å²) in [7, 11) is -1.37. The second-order valence-corrected chi connectivity index (χ2v) is 7.96. The van der Waals surface area contributed by atoms with E-state index in [2.05, 4.69) is 5.32 Å². The SMILES string of the molecule is CCCS(=O)(=O)N1CC(COC)C2(CCNCC2)C1. The number of sulfonamides is 1. The van der Waals surface area contributed by atoms with Gasteiger partial charge in [0.05, 0.1) is 12.4 Å². The Labute approximate surface area is 116 Å². The number of hydrogen-bond donors (Lipinski definition) is 1. The standard InChI is InChI=1S/C13H26N2O3S/c1-3-8-19(16,17)15-9-12(10-18-2)13(11-15)4-6-14-7-5-13/h12,14H,3-11H2,1-2H3. The maximum absolute atomic E-state index is 12.3. The number of nitrogens with zero attached hydrogens (tertiary/aromatic N) is 1. The Bertz CT molecular complexity index is 391. The Hall–Kier alpha value is -0.170. The molecule has 0 saturated carbocycles. The summed E-state index contributed by atoms with van der Waals surface area (Å²) in [5, 5.41) is 3.37. The maximum atomic E-state index is 12.3. The predicted octanol–water partition coefficient (Wildman–Crippen LogP) is 0.674. The molecule has 2 aliphatic rings. The first-order chi connectivity index (χ1) is 9.04. The van der Waals surface area contributed by atoms with Crippen molar-refractivity contribution in [2.45, 2.75) is 26.2 Å². The van der Waals surface area contributed by atoms with Gasteiger partial charge in [-0.3, -0.25) is 0 Å². The van der Waals surface area contributed by atoms with Crippen molar-refractivity contribution in [1.82, 2.24) is 9.62 Å². The van der Waals surface area contributed by atoms with Crippen LogP contribution in [0.3, 0.4) is 0 Å². The van der Waals surface area contributed by atoms with Gasteiger partial charge in [0.2, 0.25) is 10.0 Å². The molecule has 19 heavy (non-hydrogen) atoms. The van der Waals surface area contributed by atoms with Crippen LogP contribution in [0.15, 0.2) is 0 Å². The molecule has 0 amide bonds. The van der Waals surface area contributed by atoms with Gasteiger partial charge in [-0.1, -0.05) is 6.92 Å². The summed E-state index contributed by atoms with van der Waals surface area (Å²) in [6.45, 7) is 5.88. The monoisotopic (exact) mass is 290 g/mol. The van der Waals surface area contributed by atoms with Crippen molar-refractivity contribution < 1.29 is 13.2 Å². The fraction of sp³-hybridized carbons (Fsp3) is 1.00. The average molecular weight is 290 g/mol. The normalized spacial score (nSPS) is 28.0. The number of rotatable bonds is 5. The molecule has 0 bridgehead atoms. The number of methoxy groups -OCH3 is 1. The van der Waals surface area contributed by atoms with Gasteiger partial charge >= 0.3 is 0 Å². The van der Waals surface area contributed by atoms with Gasteiger partial charge in [-0.15, -0.1) is 0 Å². The van der Waals surface area contributed by atoms with Crippen molar-refractivity contribution >= 4 is 10.0 Å². The second kappa shape index (κ2) is 6.08. The highest BCUT2D eigenvalue weighted by Crippen LogP contribution is 2.44. The molecule has 2 saturated heterocycles. The van der Waals surface area contributed by atoms with Crippen LogP contribution in [0, 0.1) is 11.3 Å². The van der Waals surface area contributed by atoms with Gasteiger partial charge in [0.1, 0.15) is 0 Å². The minimum atomic E-state index is -3.08. The fourth-order valence-corrected chi connectivity index (χ4v) is 5.14. The largest absolute Gasteiger partial charge is 0.384 e. The Balaban J connectivity index is 2.15. The zero-order chi connectivity index (χ0) is 13.9. The van der Waals surface area contributed by atoms with E-state index in [9.17, 15) is 8.42 Å². The smallest absolute Gasteiger partial charge is 0.214 e. The Morgan fingerprint density at radius 2 is 2.05 bits per heavy atom. The summed E-state index contributed by atoms with van der Waals surface area (Å²) in [5.74, 6) is 0.604. The first-order valence-electron chi connectivity index (χ1n) is 7.21. The molecular formula is C13H26N2O3S. The van der Waals surface area contributed by atoms with E-state index >= 15 is 0 Å². The van der Waals surface area contributed by atoms with Crippen molar-refractivity contribution in [3.63, 3.8) is 0 Å². The third kappa shape index (κ3) is 3.12. The van der Waals surface area contributed by atoms with Crippen LogP contribution in [0.2, 0.25) is 0 Å². The summed E-state index contributed by atoms with van der Waals surface area (Å²) in [6, 6.07) is 0. The lowest BCUT2D eigenvalue weighted by molar-refractivity contribution is 0.0718. The summed E-state index contributed by atoms with van der Waals surface area (Å²) >= 11 is 0. The van der Waals surface area contributed by atoms with E-state index in [1.807, 2.05) is 6.92 Å². The molecule has 0 aromatic heterocycles. The molecule has 0 aliphatic carbocycles. The highest BCUT2D eigenvalue weighted by atomic mass is 32.2. The van der Waals surface area contributed by atoms with Gasteiger partial charge in [-0.25, -0.2) is 12.7 Å². The Morgan fingerprint density at radius 1 is 1.37 bits per heavy atom. The highest BCUT2D eigenvalue weighted by Gasteiger charge is 2.49. The van der Waals surface area contributed by atoms with Crippen molar-refractivity contribution in [3.8, 4) is 0 Å². The lowest BCUT2D eigenvalue weighted by atomic mass is 9.71. The van der Waals surface area contributed by atoms with E-state index in [-0.39, 0.29) is 11.2 Å². The minimum absolute atomic E-state index is 0.127. The summed E-state index contributed by atoms with van der Waals surface area (Å²) in [6.07, 6.45) is 2.79. The van der Waals surface area contributed by atoms with Gasteiger partial charge in [0.15, 0.2) is 0 Å². The molecule has 5 nitrogen and oxygen atoms in total. The van der Waals surface area contributed by atoms with Gasteiger partial charge in [0.25, 0.3) is 0 Å². The van der Waals surface area contributed by atoms with Crippen molar-refractivity contribution in [3.05, 3.63) is 0 Å². The van der Waals surface area contributed by atoms with Crippen LogP contribution in [0.5, 0.6) is 0 Å². The number of piperidine rings is 1.